The molecule has 1 saturated heterocycles. The summed E-state index contributed by atoms with van der Waals surface area (Å²) in [6, 6.07) is 0. The summed E-state index contributed by atoms with van der Waals surface area (Å²) in [5, 5.41) is 0. The Kier molecular flexibility index (Phi) is 3.96. The van der Waals surface area contributed by atoms with Crippen LogP contribution in [0.4, 0.5) is 0 Å². The van der Waals surface area contributed by atoms with Crippen molar-refractivity contribution in [1.82, 2.24) is 0 Å². The molecule has 0 aromatic carbocycles. The Labute approximate surface area is 78.7 Å². The Balaban J connectivity index is 2.44. The molecule has 0 spiro atoms. The molecule has 0 amide bonds. The Morgan fingerprint density at radius 2 is 2.46 bits per heavy atom. The van der Waals surface area contributed by atoms with E-state index in [1.807, 2.05) is 6.92 Å². The van der Waals surface area contributed by atoms with E-state index in [9.17, 15) is 4.79 Å². The molecule has 1 fully saturated rings. The van der Waals surface area contributed by atoms with E-state index in [1.165, 1.54) is 0 Å². The van der Waals surface area contributed by atoms with Gasteiger partial charge in [0.1, 0.15) is 0 Å². The maximum atomic E-state index is 11.1. The number of hydrogen-bond acceptors (Lipinski definition) is 3. The van der Waals surface area contributed by atoms with Crippen molar-refractivity contribution in [3.05, 3.63) is 11.6 Å². The largest absolute Gasteiger partial charge is 0.463 e. The quantitative estimate of drug-likeness (QED) is 0.493. The first-order chi connectivity index (χ1) is 6.24. The normalized spacial score (nSPS) is 23.2. The fourth-order valence-electron chi connectivity index (χ4n) is 1.38. The second-order valence-corrected chi connectivity index (χ2v) is 3.20. The molecule has 1 aliphatic rings. The molecular formula is C10H16O3. The van der Waals surface area contributed by atoms with Crippen LogP contribution in [0.1, 0.15) is 20.3 Å². The predicted octanol–water partition coefficient (Wildman–Crippen LogP) is 1.53. The van der Waals surface area contributed by atoms with Gasteiger partial charge >= 0.3 is 5.97 Å². The molecule has 0 aliphatic carbocycles. The van der Waals surface area contributed by atoms with Crippen LogP contribution >= 0.6 is 0 Å². The molecule has 3 nitrogen and oxygen atoms in total. The summed E-state index contributed by atoms with van der Waals surface area (Å²) in [5.74, 6) is 0.163. The summed E-state index contributed by atoms with van der Waals surface area (Å²) in [6.07, 6.45) is 2.59. The van der Waals surface area contributed by atoms with E-state index in [4.69, 9.17) is 9.47 Å². The van der Waals surface area contributed by atoms with Crippen LogP contribution < -0.4 is 0 Å². The minimum Gasteiger partial charge on any atom is -0.463 e. The Morgan fingerprint density at radius 1 is 1.69 bits per heavy atom. The zero-order chi connectivity index (χ0) is 9.68. The number of esters is 1. The van der Waals surface area contributed by atoms with Crippen molar-refractivity contribution in [3.63, 3.8) is 0 Å². The molecule has 0 saturated carbocycles. The fraction of sp³-hybridized carbons (Fsp3) is 0.700. The third-order valence-electron chi connectivity index (χ3n) is 2.21. The van der Waals surface area contributed by atoms with Crippen molar-refractivity contribution in [2.75, 3.05) is 19.8 Å². The van der Waals surface area contributed by atoms with Crippen LogP contribution in [0.15, 0.2) is 11.6 Å². The minimum absolute atomic E-state index is 0.244. The first-order valence-electron chi connectivity index (χ1n) is 4.66. The lowest BCUT2D eigenvalue weighted by Crippen LogP contribution is -2.06. The Morgan fingerprint density at radius 3 is 3.00 bits per heavy atom. The van der Waals surface area contributed by atoms with Crippen molar-refractivity contribution in [2.45, 2.75) is 20.3 Å². The zero-order valence-electron chi connectivity index (χ0n) is 8.21. The highest BCUT2D eigenvalue weighted by molar-refractivity contribution is 5.82. The summed E-state index contributed by atoms with van der Waals surface area (Å²) >= 11 is 0. The number of carbonyl (C=O) groups excluding carboxylic acids is 1. The third kappa shape index (κ3) is 3.19. The molecule has 1 unspecified atom stereocenters. The lowest BCUT2D eigenvalue weighted by Gasteiger charge is -2.06. The molecule has 0 bridgehead atoms. The molecule has 0 N–H and O–H groups in total. The molecule has 3 heteroatoms. The monoisotopic (exact) mass is 184 g/mol. The molecule has 74 valence electrons. The maximum Gasteiger partial charge on any atom is 0.330 e. The van der Waals surface area contributed by atoms with Gasteiger partial charge in [-0.25, -0.2) is 4.79 Å². The van der Waals surface area contributed by atoms with E-state index in [1.54, 1.807) is 13.0 Å². The number of carbonyl (C=O) groups is 1. The number of rotatable bonds is 3. The number of hydrogen-bond donors (Lipinski definition) is 0. The highest BCUT2D eigenvalue weighted by Gasteiger charge is 2.17. The van der Waals surface area contributed by atoms with Gasteiger partial charge in [-0.2, -0.15) is 0 Å². The van der Waals surface area contributed by atoms with Crippen LogP contribution in [0.25, 0.3) is 0 Å². The summed E-state index contributed by atoms with van der Waals surface area (Å²) in [6.45, 7) is 5.74. The van der Waals surface area contributed by atoms with E-state index < -0.39 is 0 Å². The van der Waals surface area contributed by atoms with Crippen LogP contribution in [0.2, 0.25) is 0 Å². The molecule has 0 radical (unpaired) electrons. The molecule has 1 heterocycles. The van der Waals surface area contributed by atoms with Crippen LogP contribution in [-0.2, 0) is 14.3 Å². The maximum absolute atomic E-state index is 11.1. The Bertz CT molecular complexity index is 202. The second kappa shape index (κ2) is 5.02. The van der Waals surface area contributed by atoms with Crippen molar-refractivity contribution < 1.29 is 14.3 Å². The lowest BCUT2D eigenvalue weighted by molar-refractivity contribution is -0.137. The molecule has 1 aliphatic heterocycles. The molecule has 1 rings (SSSR count). The van der Waals surface area contributed by atoms with Crippen LogP contribution in [0.5, 0.6) is 0 Å². The highest BCUT2D eigenvalue weighted by atomic mass is 16.5. The van der Waals surface area contributed by atoms with Crippen LogP contribution in [0.3, 0.4) is 0 Å². The van der Waals surface area contributed by atoms with E-state index in [0.29, 0.717) is 12.5 Å². The van der Waals surface area contributed by atoms with Crippen LogP contribution in [0, 0.1) is 5.92 Å². The van der Waals surface area contributed by atoms with E-state index >= 15 is 0 Å². The second-order valence-electron chi connectivity index (χ2n) is 3.20. The van der Waals surface area contributed by atoms with Gasteiger partial charge in [-0.1, -0.05) is 5.57 Å². The topological polar surface area (TPSA) is 35.5 Å². The van der Waals surface area contributed by atoms with Gasteiger partial charge < -0.3 is 9.47 Å². The lowest BCUT2D eigenvalue weighted by atomic mass is 10.00. The predicted molar refractivity (Wildman–Crippen MR) is 49.3 cm³/mol. The van der Waals surface area contributed by atoms with Crippen molar-refractivity contribution in [2.24, 2.45) is 5.92 Å². The van der Waals surface area contributed by atoms with Gasteiger partial charge in [-0.05, 0) is 20.3 Å². The highest BCUT2D eigenvalue weighted by Crippen LogP contribution is 2.20. The fourth-order valence-corrected chi connectivity index (χ4v) is 1.38. The first kappa shape index (κ1) is 10.3. The summed E-state index contributed by atoms with van der Waals surface area (Å²) < 4.78 is 10.0. The van der Waals surface area contributed by atoms with Crippen molar-refractivity contribution >= 4 is 5.97 Å². The SMILES string of the molecule is CCOC(=O)/C=C(/C)C1CCOC1. The van der Waals surface area contributed by atoms with Gasteiger partial charge in [-0.3, -0.25) is 0 Å². The molecule has 1 atom stereocenters. The number of ether oxygens (including phenoxy) is 2. The first-order valence-corrected chi connectivity index (χ1v) is 4.66. The third-order valence-corrected chi connectivity index (χ3v) is 2.21. The summed E-state index contributed by atoms with van der Waals surface area (Å²) in [5.41, 5.74) is 1.07. The average molecular weight is 184 g/mol. The van der Waals surface area contributed by atoms with Crippen molar-refractivity contribution in [1.29, 1.82) is 0 Å². The van der Waals surface area contributed by atoms with E-state index in [2.05, 4.69) is 0 Å². The van der Waals surface area contributed by atoms with Gasteiger partial charge in [-0.15, -0.1) is 0 Å². The minimum atomic E-state index is -0.244. The molecular weight excluding hydrogens is 168 g/mol. The smallest absolute Gasteiger partial charge is 0.330 e. The molecule has 0 aromatic heterocycles. The Hall–Kier alpha value is -0.830. The van der Waals surface area contributed by atoms with Gasteiger partial charge in [0.2, 0.25) is 0 Å². The summed E-state index contributed by atoms with van der Waals surface area (Å²) in [7, 11) is 0. The van der Waals surface area contributed by atoms with Crippen molar-refractivity contribution in [3.8, 4) is 0 Å². The van der Waals surface area contributed by atoms with Gasteiger partial charge in [0.15, 0.2) is 0 Å². The van der Waals surface area contributed by atoms with Gasteiger partial charge in [0.05, 0.1) is 13.2 Å². The van der Waals surface area contributed by atoms with E-state index in [0.717, 1.165) is 25.2 Å². The standard InChI is InChI=1S/C10H16O3/c1-3-13-10(11)6-8(2)9-4-5-12-7-9/h6,9H,3-5,7H2,1-2H3/b8-6-. The van der Waals surface area contributed by atoms with Crippen LogP contribution in [-0.4, -0.2) is 25.8 Å². The zero-order valence-corrected chi connectivity index (χ0v) is 8.21. The molecule has 0 aromatic rings. The summed E-state index contributed by atoms with van der Waals surface area (Å²) in [4.78, 5) is 11.1. The van der Waals surface area contributed by atoms with Gasteiger partial charge in [0.25, 0.3) is 0 Å². The van der Waals surface area contributed by atoms with E-state index in [-0.39, 0.29) is 5.97 Å². The molecule has 13 heavy (non-hydrogen) atoms. The average Bonchev–Trinajstić information content (AvgIpc) is 2.55. The van der Waals surface area contributed by atoms with Gasteiger partial charge in [0, 0.05) is 18.6 Å².